The molecule has 0 aromatic carbocycles. The van der Waals surface area contributed by atoms with E-state index in [0.29, 0.717) is 0 Å². The van der Waals surface area contributed by atoms with Crippen molar-refractivity contribution in [2.75, 3.05) is 0 Å². The molecule has 0 aromatic rings. The maximum atomic E-state index is 10.3. The van der Waals surface area contributed by atoms with E-state index in [0.717, 1.165) is 0 Å². The predicted molar refractivity (Wildman–Crippen MR) is 334 cm³/mol. The Bertz CT molecular complexity index is 2830. The second kappa shape index (κ2) is 73.1. The van der Waals surface area contributed by atoms with Gasteiger partial charge in [0.05, 0.1) is 116 Å². The molecule has 0 atom stereocenters. The van der Waals surface area contributed by atoms with E-state index >= 15 is 0 Å². The van der Waals surface area contributed by atoms with Crippen molar-refractivity contribution in [3.63, 3.8) is 0 Å². The fourth-order valence-electron chi connectivity index (χ4n) is 6.43. The number of carboxylic acid groups (broad SMARTS) is 27. The molecular weight excluding hydrogens is 2160 g/mol. The van der Waals surface area contributed by atoms with E-state index in [2.05, 4.69) is 0 Å². The average Bonchev–Trinajstić information content (AvgIpc) is 0.930. The maximum absolute atomic E-state index is 10.3. The van der Waals surface area contributed by atoms with Gasteiger partial charge in [-0.1, -0.05) is 0 Å². The van der Waals surface area contributed by atoms with Crippen molar-refractivity contribution in [1.29, 1.82) is 0 Å². The zero-order chi connectivity index (χ0) is 95.8. The normalized spacial score (nSPS) is 10.1. The van der Waals surface area contributed by atoms with Crippen LogP contribution < -0.4 is 0 Å². The van der Waals surface area contributed by atoms with Crippen LogP contribution in [0.4, 0.5) is 0 Å². The van der Waals surface area contributed by atoms with E-state index in [-0.39, 0.29) is 154 Å². The van der Waals surface area contributed by atoms with Gasteiger partial charge in [-0.2, -0.15) is 0 Å². The first-order valence-electron chi connectivity index (χ1n) is 28.5. The summed E-state index contributed by atoms with van der Waals surface area (Å²) in [6.45, 7) is 0. The summed E-state index contributed by atoms with van der Waals surface area (Å²) in [7, 11) is 0. The monoisotopic (exact) mass is 2230 g/mol. The molecule has 0 aromatic heterocycles. The molecule has 0 fully saturated rings. The second-order valence-electron chi connectivity index (χ2n) is 22.3. The molecule has 0 amide bonds. The summed E-state index contributed by atoms with van der Waals surface area (Å²) < 4.78 is 0. The molecule has 0 spiro atoms. The predicted octanol–water partition coefficient (Wildman–Crippen LogP) is -11.3. The molecule has 0 saturated heterocycles. The molecule has 126 heavy (non-hydrogen) atoms. The minimum Gasteiger partial charge on any atom is -0.481 e. The first-order valence-corrected chi connectivity index (χ1v) is 28.5. The topological polar surface area (TPSA) is 1190 Å². The van der Waals surface area contributed by atoms with Crippen LogP contribution in [0.1, 0.15) is 116 Å². The van der Waals surface area contributed by atoms with E-state index in [1.54, 1.807) is 0 Å². The zero-order valence-corrected chi connectivity index (χ0v) is 71.0. The van der Waals surface area contributed by atoms with E-state index < -0.39 is 327 Å². The van der Waals surface area contributed by atoms with Gasteiger partial charge in [-0.15, -0.1) is 0 Å². The van der Waals surface area contributed by atoms with E-state index in [9.17, 15) is 129 Å². The van der Waals surface area contributed by atoms with E-state index in [4.69, 9.17) is 184 Å². The van der Waals surface area contributed by atoms with Crippen LogP contribution in [0, 0.1) is 0 Å². The van der Waals surface area contributed by atoms with Gasteiger partial charge in [-0.25, -0.2) is 43.2 Å². The van der Waals surface area contributed by atoms with Crippen molar-refractivity contribution < 1.29 is 467 Å². The van der Waals surface area contributed by atoms with Gasteiger partial charge in [-0.3, -0.25) is 86.3 Å². The zero-order valence-electron chi connectivity index (χ0n) is 61.0. The van der Waals surface area contributed by atoms with Crippen molar-refractivity contribution >= 4 is 161 Å². The summed E-state index contributed by atoms with van der Waals surface area (Å²) in [4.78, 5) is 274. The molecule has 0 rings (SSSR count). The first kappa shape index (κ1) is 160. The molecule has 0 bridgehead atoms. The fourth-order valence-corrected chi connectivity index (χ4v) is 6.43. The van der Waals surface area contributed by atoms with Crippen molar-refractivity contribution in [3.05, 3.63) is 0 Å². The van der Waals surface area contributed by atoms with Gasteiger partial charge >= 0.3 is 161 Å². The van der Waals surface area contributed by atoms with Crippen LogP contribution in [0.25, 0.3) is 0 Å². The van der Waals surface area contributed by atoms with Crippen LogP contribution in [0.15, 0.2) is 0 Å². The average molecular weight is 2230 g/mol. The summed E-state index contributed by atoms with van der Waals surface area (Å²) in [6, 6.07) is 0. The Morgan fingerprint density at radius 1 is 0.103 bits per heavy atom. The third-order valence-electron chi connectivity index (χ3n) is 11.6. The Balaban J connectivity index is -0.0000000645. The molecule has 0 radical (unpaired) electrons. The number of hydrogen-bond acceptors (Lipinski definition) is 36. The first-order chi connectivity index (χ1) is 52.0. The molecule has 0 unspecified atom stereocenters. The number of rotatable bonds is 45. The fraction of sp³-hybridized carbons (Fsp3) is 0.500. The van der Waals surface area contributed by atoms with Gasteiger partial charge in [0.1, 0.15) is 0 Å². The van der Waals surface area contributed by atoms with Crippen LogP contribution in [0.3, 0.4) is 0 Å². The van der Waals surface area contributed by atoms with Crippen molar-refractivity contribution in [2.45, 2.75) is 166 Å². The Kier molecular flexibility index (Phi) is 92.7. The van der Waals surface area contributed by atoms with Gasteiger partial charge < -0.3 is 184 Å². The molecule has 72 heteroatoms. The third-order valence-corrected chi connectivity index (χ3v) is 11.6. The molecule has 738 valence electrons. The standard InChI is InChI=1S/9C6H8O7.9Fe/c9*7-3(8)1-6(13,5(11)12)2-4(9)10;;;;;;;;;/h9*13H,1-2H2,(H,7,8)(H,9,10)(H,11,12);;;;;;;;;. The molecule has 63 nitrogen and oxygen atoms in total. The van der Waals surface area contributed by atoms with Crippen molar-refractivity contribution in [2.24, 2.45) is 0 Å². The second-order valence-corrected chi connectivity index (χ2v) is 22.3. The summed E-state index contributed by atoms with van der Waals surface area (Å²) in [5, 5.41) is 304. The molecular formula is C54H72Fe9O63. The Morgan fingerprint density at radius 3 is 0.151 bits per heavy atom. The Hall–Kier alpha value is -9.99. The summed E-state index contributed by atoms with van der Waals surface area (Å²) in [6.07, 6.45) is -20.6. The van der Waals surface area contributed by atoms with Crippen LogP contribution in [-0.4, -0.2) is 395 Å². The summed E-state index contributed by atoms with van der Waals surface area (Å²) in [5.74, 6) is -45.2. The van der Waals surface area contributed by atoms with E-state index in [1.807, 2.05) is 0 Å². The van der Waals surface area contributed by atoms with Gasteiger partial charge in [0.25, 0.3) is 0 Å². The van der Waals surface area contributed by atoms with Gasteiger partial charge in [0, 0.05) is 154 Å². The number of aliphatic hydroxyl groups is 9. The number of carboxylic acids is 27. The van der Waals surface area contributed by atoms with Crippen LogP contribution in [-0.2, 0) is 283 Å². The van der Waals surface area contributed by atoms with Crippen LogP contribution in [0.2, 0.25) is 0 Å². The minimum absolute atomic E-state index is 0. The SMILES string of the molecule is O=C(O)CC(O)(CC(=O)O)C(=O)O.O=C(O)CC(O)(CC(=O)O)C(=O)O.O=C(O)CC(O)(CC(=O)O)C(=O)O.O=C(O)CC(O)(CC(=O)O)C(=O)O.O=C(O)CC(O)(CC(=O)O)C(=O)O.O=C(O)CC(O)(CC(=O)O)C(=O)O.O=C(O)CC(O)(CC(=O)O)C(=O)O.O=C(O)CC(O)(CC(=O)O)C(=O)O.O=C(O)CC(O)(CC(=O)O)C(=O)O.[Fe].[Fe].[Fe].[Fe].[Fe].[Fe].[Fe].[Fe].[Fe]. The Labute approximate surface area is 788 Å². The quantitative estimate of drug-likeness (QED) is 0.0252. The third kappa shape index (κ3) is 81.1. The molecule has 0 heterocycles. The largest absolute Gasteiger partial charge is 0.481 e. The van der Waals surface area contributed by atoms with Crippen LogP contribution >= 0.6 is 0 Å². The maximum Gasteiger partial charge on any atom is 0.336 e. The van der Waals surface area contributed by atoms with Crippen molar-refractivity contribution in [3.8, 4) is 0 Å². The summed E-state index contributed by atoms with van der Waals surface area (Å²) in [5.41, 5.74) is -24.6. The number of hydrogen-bond donors (Lipinski definition) is 36. The molecule has 36 N–H and O–H groups in total. The number of aliphatic carboxylic acids is 27. The molecule has 0 aliphatic rings. The molecule has 0 aliphatic carbocycles. The van der Waals surface area contributed by atoms with Gasteiger partial charge in [0.2, 0.25) is 0 Å². The van der Waals surface area contributed by atoms with Crippen molar-refractivity contribution in [1.82, 2.24) is 0 Å². The Morgan fingerprint density at radius 2 is 0.135 bits per heavy atom. The number of carbonyl (C=O) groups is 27. The van der Waals surface area contributed by atoms with Crippen LogP contribution in [0.5, 0.6) is 0 Å². The molecule has 0 aliphatic heterocycles. The van der Waals surface area contributed by atoms with Gasteiger partial charge in [0.15, 0.2) is 50.4 Å². The van der Waals surface area contributed by atoms with Gasteiger partial charge in [-0.05, 0) is 0 Å². The summed E-state index contributed by atoms with van der Waals surface area (Å²) >= 11 is 0. The smallest absolute Gasteiger partial charge is 0.336 e. The molecule has 0 saturated carbocycles. The minimum atomic E-state index is -2.74. The van der Waals surface area contributed by atoms with E-state index in [1.165, 1.54) is 0 Å².